The average Bonchev–Trinajstić information content (AvgIpc) is 3.76. The van der Waals surface area contributed by atoms with Crippen LogP contribution in [0.1, 0.15) is 32.1 Å². The minimum Gasteiger partial charge on any atom is -0.497 e. The highest BCUT2D eigenvalue weighted by Crippen LogP contribution is 2.42. The number of nitrogens with zero attached hydrogens (tertiary/aromatic N) is 1. The van der Waals surface area contributed by atoms with Gasteiger partial charge in [-0.1, -0.05) is 0 Å². The van der Waals surface area contributed by atoms with Crippen LogP contribution in [0.2, 0.25) is 0 Å². The second kappa shape index (κ2) is 11.1. The molecular weight excluding hydrogens is 460 g/mol. The fraction of sp³-hybridized carbons (Fsp3) is 0.625. The first-order valence-corrected chi connectivity index (χ1v) is 13.4. The summed E-state index contributed by atoms with van der Waals surface area (Å²) < 4.78 is 44.1. The van der Waals surface area contributed by atoms with Crippen LogP contribution in [0.5, 0.6) is 5.75 Å². The molecule has 0 spiro atoms. The Balaban J connectivity index is 1.34. The van der Waals surface area contributed by atoms with Gasteiger partial charge in [-0.15, -0.1) is 0 Å². The second-order valence-corrected chi connectivity index (χ2v) is 11.1. The highest BCUT2D eigenvalue weighted by Gasteiger charge is 2.37. The number of aliphatic hydroxyl groups is 1. The number of amides is 1. The van der Waals surface area contributed by atoms with Crippen molar-refractivity contribution in [2.24, 2.45) is 17.8 Å². The van der Waals surface area contributed by atoms with Crippen molar-refractivity contribution in [3.8, 4) is 5.75 Å². The van der Waals surface area contributed by atoms with Crippen LogP contribution in [-0.2, 0) is 24.3 Å². The number of aliphatic hydroxyl groups excluding tert-OH is 1. The van der Waals surface area contributed by atoms with E-state index in [0.29, 0.717) is 36.3 Å². The van der Waals surface area contributed by atoms with Gasteiger partial charge in [0.05, 0.1) is 25.2 Å². The van der Waals surface area contributed by atoms with Crippen molar-refractivity contribution in [1.29, 1.82) is 0 Å². The van der Waals surface area contributed by atoms with Crippen molar-refractivity contribution >= 4 is 15.9 Å². The zero-order valence-corrected chi connectivity index (χ0v) is 20.3. The molecule has 34 heavy (non-hydrogen) atoms. The molecule has 2 fully saturated rings. The van der Waals surface area contributed by atoms with Crippen molar-refractivity contribution in [2.45, 2.75) is 43.3 Å². The van der Waals surface area contributed by atoms with E-state index in [-0.39, 0.29) is 43.0 Å². The number of carbonyl (C=O) groups is 1. The Bertz CT molecular complexity index is 972. The molecule has 0 radical (unpaired) electrons. The monoisotopic (exact) mass is 494 g/mol. The summed E-state index contributed by atoms with van der Waals surface area (Å²) in [6.45, 7) is 0.429. The van der Waals surface area contributed by atoms with Gasteiger partial charge in [0.25, 0.3) is 5.91 Å². The van der Waals surface area contributed by atoms with Crippen LogP contribution >= 0.6 is 0 Å². The maximum Gasteiger partial charge on any atom is 0.286 e. The van der Waals surface area contributed by atoms with Gasteiger partial charge in [-0.25, -0.2) is 8.42 Å². The van der Waals surface area contributed by atoms with Crippen LogP contribution in [-0.4, -0.2) is 70.0 Å². The summed E-state index contributed by atoms with van der Waals surface area (Å²) in [5, 5.41) is 12.4. The summed E-state index contributed by atoms with van der Waals surface area (Å²) in [5.41, 5.74) is 0. The molecule has 188 valence electrons. The number of ether oxygens (including phenoxy) is 3. The molecule has 0 saturated heterocycles. The van der Waals surface area contributed by atoms with Crippen molar-refractivity contribution < 1.29 is 32.5 Å². The van der Waals surface area contributed by atoms with Crippen molar-refractivity contribution in [3.63, 3.8) is 0 Å². The van der Waals surface area contributed by atoms with Gasteiger partial charge in [-0.05, 0) is 73.8 Å². The predicted molar refractivity (Wildman–Crippen MR) is 124 cm³/mol. The van der Waals surface area contributed by atoms with E-state index in [0.717, 1.165) is 25.7 Å². The molecule has 9 nitrogen and oxygen atoms in total. The minimum absolute atomic E-state index is 0.0514. The quantitative estimate of drug-likeness (QED) is 0.430. The highest BCUT2D eigenvalue weighted by atomic mass is 32.2. The summed E-state index contributed by atoms with van der Waals surface area (Å²) in [6, 6.07) is 6.11. The number of hydrogen-bond donors (Lipinski definition) is 2. The lowest BCUT2D eigenvalue weighted by atomic mass is 9.96. The third-order valence-corrected chi connectivity index (χ3v) is 8.39. The fourth-order valence-corrected chi connectivity index (χ4v) is 5.51. The molecule has 10 heteroatoms. The first kappa shape index (κ1) is 25.0. The summed E-state index contributed by atoms with van der Waals surface area (Å²) in [4.78, 5) is 12.7. The minimum atomic E-state index is -3.82. The third-order valence-electron chi connectivity index (χ3n) is 6.48. The molecule has 2 N–H and O–H groups in total. The predicted octanol–water partition coefficient (Wildman–Crippen LogP) is 1.88. The number of carbonyl (C=O) groups excluding carboxylic acids is 1. The fourth-order valence-electron chi connectivity index (χ4n) is 4.09. The summed E-state index contributed by atoms with van der Waals surface area (Å²) in [7, 11) is -2.31. The number of allylic oxidation sites excluding steroid dienone is 1. The second-order valence-electron chi connectivity index (χ2n) is 9.14. The van der Waals surface area contributed by atoms with Gasteiger partial charge in [0.1, 0.15) is 5.75 Å². The Morgan fingerprint density at radius 2 is 1.91 bits per heavy atom. The first-order chi connectivity index (χ1) is 16.4. The van der Waals surface area contributed by atoms with Crippen molar-refractivity contribution in [1.82, 2.24) is 9.62 Å². The summed E-state index contributed by atoms with van der Waals surface area (Å²) in [6.07, 6.45) is 6.52. The van der Waals surface area contributed by atoms with E-state index < -0.39 is 16.3 Å². The number of rotatable bonds is 13. The number of methoxy groups -OCH3 is 1. The van der Waals surface area contributed by atoms with Crippen LogP contribution < -0.4 is 10.1 Å². The molecule has 3 aliphatic rings. The van der Waals surface area contributed by atoms with Gasteiger partial charge in [0, 0.05) is 26.1 Å². The molecule has 1 aromatic carbocycles. The Hall–Kier alpha value is -2.14. The largest absolute Gasteiger partial charge is 0.497 e. The molecule has 2 aliphatic carbocycles. The van der Waals surface area contributed by atoms with E-state index in [9.17, 15) is 18.3 Å². The average molecular weight is 495 g/mol. The lowest BCUT2D eigenvalue weighted by Gasteiger charge is -2.30. The highest BCUT2D eigenvalue weighted by molar-refractivity contribution is 7.89. The van der Waals surface area contributed by atoms with Crippen LogP contribution in [0.15, 0.2) is 41.0 Å². The maximum absolute atomic E-state index is 13.1. The van der Waals surface area contributed by atoms with Gasteiger partial charge in [-0.3, -0.25) is 4.79 Å². The Morgan fingerprint density at radius 1 is 1.18 bits per heavy atom. The third kappa shape index (κ3) is 6.50. The summed E-state index contributed by atoms with van der Waals surface area (Å²) >= 11 is 0. The molecule has 1 aliphatic heterocycles. The van der Waals surface area contributed by atoms with Gasteiger partial charge >= 0.3 is 0 Å². The lowest BCUT2D eigenvalue weighted by molar-refractivity contribution is -0.150. The SMILES string of the molecule is COc1ccc(S(=O)(=O)N(CCO)CCO[C@@H]2C[C@H](C3CC3)C=C(C(=O)NCC3CC3)O2)cc1. The van der Waals surface area contributed by atoms with E-state index in [4.69, 9.17) is 14.2 Å². The zero-order chi connectivity index (χ0) is 24.1. The standard InChI is InChI=1S/C24H34N2O7S/c1-31-20-6-8-21(9-7-20)34(29,30)26(10-12-27)11-13-32-23-15-19(18-4-5-18)14-22(33-23)24(28)25-16-17-2-3-17/h6-9,14,17-19,23,27H,2-5,10-13,15-16H2,1H3,(H,25,28)/t19-,23+/m1/s1. The first-order valence-electron chi connectivity index (χ1n) is 11.9. The molecule has 0 bridgehead atoms. The molecule has 2 saturated carbocycles. The van der Waals surface area contributed by atoms with E-state index in [1.165, 1.54) is 23.5 Å². The number of nitrogens with one attached hydrogen (secondary N) is 1. The molecule has 4 rings (SSSR count). The molecule has 0 aromatic heterocycles. The van der Waals surface area contributed by atoms with Gasteiger partial charge < -0.3 is 24.6 Å². The molecule has 1 heterocycles. The Morgan fingerprint density at radius 3 is 2.53 bits per heavy atom. The van der Waals surface area contributed by atoms with Crippen LogP contribution in [0.25, 0.3) is 0 Å². The number of benzene rings is 1. The van der Waals surface area contributed by atoms with Gasteiger partial charge in [0.2, 0.25) is 16.3 Å². The van der Waals surface area contributed by atoms with Crippen molar-refractivity contribution in [3.05, 3.63) is 36.1 Å². The maximum atomic E-state index is 13.1. The Kier molecular flexibility index (Phi) is 8.13. The topological polar surface area (TPSA) is 114 Å². The van der Waals surface area contributed by atoms with Crippen LogP contribution in [0.3, 0.4) is 0 Å². The van der Waals surface area contributed by atoms with Crippen LogP contribution in [0.4, 0.5) is 0 Å². The zero-order valence-electron chi connectivity index (χ0n) is 19.5. The molecule has 0 unspecified atom stereocenters. The normalized spacial score (nSPS) is 22.7. The van der Waals surface area contributed by atoms with E-state index >= 15 is 0 Å². The number of hydrogen-bond acceptors (Lipinski definition) is 7. The van der Waals surface area contributed by atoms with Crippen LogP contribution in [0, 0.1) is 17.8 Å². The van der Waals surface area contributed by atoms with Gasteiger partial charge in [-0.2, -0.15) is 4.31 Å². The lowest BCUT2D eigenvalue weighted by Crippen LogP contribution is -2.38. The number of sulfonamides is 1. The van der Waals surface area contributed by atoms with Gasteiger partial charge in [0.15, 0.2) is 5.76 Å². The van der Waals surface area contributed by atoms with E-state index in [1.54, 1.807) is 12.1 Å². The molecular formula is C24H34N2O7S. The molecule has 1 aromatic rings. The van der Waals surface area contributed by atoms with E-state index in [2.05, 4.69) is 5.32 Å². The summed E-state index contributed by atoms with van der Waals surface area (Å²) in [5.74, 6) is 1.98. The van der Waals surface area contributed by atoms with Crippen molar-refractivity contribution in [2.75, 3.05) is 40.0 Å². The molecule has 2 atom stereocenters. The smallest absolute Gasteiger partial charge is 0.286 e. The van der Waals surface area contributed by atoms with E-state index in [1.807, 2.05) is 6.08 Å². The molecule has 1 amide bonds. The Labute approximate surface area is 201 Å².